The molecule has 0 unspecified atom stereocenters. The number of amides is 1. The van der Waals surface area contributed by atoms with Crippen molar-refractivity contribution in [3.63, 3.8) is 0 Å². The molecule has 0 aliphatic heterocycles. The highest BCUT2D eigenvalue weighted by Crippen LogP contribution is 2.21. The van der Waals surface area contributed by atoms with E-state index in [9.17, 15) is 14.9 Å². The number of rotatable bonds is 5. The lowest BCUT2D eigenvalue weighted by molar-refractivity contribution is -0.385. The van der Waals surface area contributed by atoms with Crippen LogP contribution in [0.3, 0.4) is 0 Å². The lowest BCUT2D eigenvalue weighted by Gasteiger charge is -2.08. The number of hydrogen-bond acceptors (Lipinski definition) is 6. The van der Waals surface area contributed by atoms with Gasteiger partial charge in [-0.3, -0.25) is 14.9 Å². The highest BCUT2D eigenvalue weighted by molar-refractivity contribution is 6.07. The van der Waals surface area contributed by atoms with Gasteiger partial charge in [-0.25, -0.2) is 9.97 Å². The van der Waals surface area contributed by atoms with Gasteiger partial charge in [0.25, 0.3) is 11.6 Å². The Bertz CT molecular complexity index is 957. The normalized spacial score (nSPS) is 10.2. The number of nitro groups is 1. The van der Waals surface area contributed by atoms with Crippen LogP contribution in [0.1, 0.15) is 16.1 Å². The molecule has 0 bridgehead atoms. The fourth-order valence-electron chi connectivity index (χ4n) is 2.33. The minimum atomic E-state index is -0.578. The van der Waals surface area contributed by atoms with E-state index in [-0.39, 0.29) is 11.3 Å². The first-order chi connectivity index (χ1) is 12.5. The number of carbonyl (C=O) groups excluding carboxylic acids is 1. The minimum Gasteiger partial charge on any atom is -0.340 e. The number of aryl methyl sites for hydroxylation is 1. The molecule has 0 fully saturated rings. The minimum absolute atomic E-state index is 0.0103. The Hall–Kier alpha value is -3.81. The standard InChI is InChI=1S/C18H15N5O3/c1-12-10-17(20-11-19-12)21-13-6-8-14(9-7-13)22-18(24)15-4-2-3-5-16(15)23(25)26/h2-11H,1H3,(H,22,24)(H,19,20,21). The Balaban J connectivity index is 1.71. The number of nitrogens with one attached hydrogen (secondary N) is 2. The van der Waals surface area contributed by atoms with E-state index in [1.54, 1.807) is 30.3 Å². The molecule has 0 saturated heterocycles. The van der Waals surface area contributed by atoms with Crippen molar-refractivity contribution in [1.82, 2.24) is 9.97 Å². The molecule has 0 spiro atoms. The zero-order valence-corrected chi connectivity index (χ0v) is 13.8. The second kappa shape index (κ2) is 7.39. The van der Waals surface area contributed by atoms with E-state index >= 15 is 0 Å². The smallest absolute Gasteiger partial charge is 0.282 e. The van der Waals surface area contributed by atoms with Crippen LogP contribution in [0.15, 0.2) is 60.9 Å². The van der Waals surface area contributed by atoms with Crippen LogP contribution in [-0.2, 0) is 0 Å². The van der Waals surface area contributed by atoms with Crippen molar-refractivity contribution in [1.29, 1.82) is 0 Å². The molecule has 1 aromatic heterocycles. The maximum Gasteiger partial charge on any atom is 0.282 e. The summed E-state index contributed by atoms with van der Waals surface area (Å²) in [5, 5.41) is 16.8. The second-order valence-corrected chi connectivity index (χ2v) is 5.48. The average molecular weight is 349 g/mol. The van der Waals surface area contributed by atoms with Gasteiger partial charge in [-0.1, -0.05) is 12.1 Å². The van der Waals surface area contributed by atoms with Gasteiger partial charge in [-0.05, 0) is 37.3 Å². The number of nitrogens with zero attached hydrogens (tertiary/aromatic N) is 3. The maximum absolute atomic E-state index is 12.3. The Morgan fingerprint density at radius 3 is 2.42 bits per heavy atom. The fraction of sp³-hybridized carbons (Fsp3) is 0.0556. The second-order valence-electron chi connectivity index (χ2n) is 5.48. The van der Waals surface area contributed by atoms with Crippen LogP contribution in [-0.4, -0.2) is 20.8 Å². The van der Waals surface area contributed by atoms with E-state index in [4.69, 9.17) is 0 Å². The SMILES string of the molecule is Cc1cc(Nc2ccc(NC(=O)c3ccccc3[N+](=O)[O-])cc2)ncn1. The zero-order valence-electron chi connectivity index (χ0n) is 13.8. The molecule has 0 saturated carbocycles. The lowest BCUT2D eigenvalue weighted by atomic mass is 10.1. The molecule has 1 amide bonds. The average Bonchev–Trinajstić information content (AvgIpc) is 2.63. The molecule has 8 nitrogen and oxygen atoms in total. The number of carbonyl (C=O) groups is 1. The van der Waals surface area contributed by atoms with E-state index in [2.05, 4.69) is 20.6 Å². The third-order valence-corrected chi connectivity index (χ3v) is 3.56. The fourth-order valence-corrected chi connectivity index (χ4v) is 2.33. The van der Waals surface area contributed by atoms with Gasteiger partial charge in [0.2, 0.25) is 0 Å². The topological polar surface area (TPSA) is 110 Å². The molecule has 2 aromatic carbocycles. The zero-order chi connectivity index (χ0) is 18.5. The van der Waals surface area contributed by atoms with E-state index < -0.39 is 10.8 Å². The summed E-state index contributed by atoms with van der Waals surface area (Å²) in [6.07, 6.45) is 1.47. The molecular weight excluding hydrogens is 334 g/mol. The van der Waals surface area contributed by atoms with Gasteiger partial charge in [-0.15, -0.1) is 0 Å². The van der Waals surface area contributed by atoms with Crippen LogP contribution in [0.4, 0.5) is 22.9 Å². The van der Waals surface area contributed by atoms with Crippen LogP contribution in [0.5, 0.6) is 0 Å². The van der Waals surface area contributed by atoms with Crippen molar-refractivity contribution < 1.29 is 9.72 Å². The van der Waals surface area contributed by atoms with Crippen LogP contribution in [0.25, 0.3) is 0 Å². The molecule has 0 aliphatic rings. The summed E-state index contributed by atoms with van der Waals surface area (Å²) >= 11 is 0. The highest BCUT2D eigenvalue weighted by atomic mass is 16.6. The summed E-state index contributed by atoms with van der Waals surface area (Å²) < 4.78 is 0. The van der Waals surface area contributed by atoms with Crippen molar-refractivity contribution in [2.24, 2.45) is 0 Å². The summed E-state index contributed by atoms with van der Waals surface area (Å²) in [7, 11) is 0. The van der Waals surface area contributed by atoms with Gasteiger partial charge in [0.1, 0.15) is 17.7 Å². The molecule has 2 N–H and O–H groups in total. The monoisotopic (exact) mass is 349 g/mol. The molecule has 0 aliphatic carbocycles. The molecule has 130 valence electrons. The number of para-hydroxylation sites is 1. The van der Waals surface area contributed by atoms with Crippen molar-refractivity contribution in [2.45, 2.75) is 6.92 Å². The quantitative estimate of drug-likeness (QED) is 0.537. The maximum atomic E-state index is 12.3. The van der Waals surface area contributed by atoms with Crippen LogP contribution < -0.4 is 10.6 Å². The molecular formula is C18H15N5O3. The molecule has 8 heteroatoms. The summed E-state index contributed by atoms with van der Waals surface area (Å²) in [4.78, 5) is 30.9. The molecule has 0 radical (unpaired) electrons. The predicted molar refractivity (Wildman–Crippen MR) is 97.5 cm³/mol. The highest BCUT2D eigenvalue weighted by Gasteiger charge is 2.19. The third kappa shape index (κ3) is 3.99. The molecule has 3 aromatic rings. The predicted octanol–water partition coefficient (Wildman–Crippen LogP) is 3.69. The van der Waals surface area contributed by atoms with Crippen LogP contribution in [0, 0.1) is 17.0 Å². The van der Waals surface area contributed by atoms with Gasteiger partial charge in [0.05, 0.1) is 4.92 Å². The molecule has 0 atom stereocenters. The first-order valence-corrected chi connectivity index (χ1v) is 7.73. The first kappa shape index (κ1) is 17.0. The molecule has 1 heterocycles. The molecule has 3 rings (SSSR count). The Kier molecular flexibility index (Phi) is 4.84. The number of anilines is 3. The van der Waals surface area contributed by atoms with E-state index in [0.29, 0.717) is 11.5 Å². The summed E-state index contributed by atoms with van der Waals surface area (Å²) in [5.74, 6) is 0.124. The Morgan fingerprint density at radius 2 is 1.73 bits per heavy atom. The van der Waals surface area contributed by atoms with Gasteiger partial charge in [-0.2, -0.15) is 0 Å². The van der Waals surface area contributed by atoms with E-state index in [0.717, 1.165) is 11.4 Å². The van der Waals surface area contributed by atoms with Crippen molar-refractivity contribution in [3.05, 3.63) is 82.3 Å². The van der Waals surface area contributed by atoms with Crippen LogP contribution >= 0.6 is 0 Å². The Labute approximate surface area is 149 Å². The number of nitro benzene ring substituents is 1. The van der Waals surface area contributed by atoms with Crippen LogP contribution in [0.2, 0.25) is 0 Å². The molecule has 26 heavy (non-hydrogen) atoms. The number of benzene rings is 2. The Morgan fingerprint density at radius 1 is 1.04 bits per heavy atom. The third-order valence-electron chi connectivity index (χ3n) is 3.56. The summed E-state index contributed by atoms with van der Waals surface area (Å²) in [6.45, 7) is 1.87. The van der Waals surface area contributed by atoms with E-state index in [1.807, 2.05) is 13.0 Å². The summed E-state index contributed by atoms with van der Waals surface area (Å²) in [6, 6.07) is 14.6. The lowest BCUT2D eigenvalue weighted by Crippen LogP contribution is -2.13. The van der Waals surface area contributed by atoms with Gasteiger partial charge in [0.15, 0.2) is 0 Å². The van der Waals surface area contributed by atoms with Gasteiger partial charge >= 0.3 is 0 Å². The van der Waals surface area contributed by atoms with Crippen molar-refractivity contribution in [2.75, 3.05) is 10.6 Å². The number of hydrogen-bond donors (Lipinski definition) is 2. The van der Waals surface area contributed by atoms with Crippen molar-refractivity contribution in [3.8, 4) is 0 Å². The van der Waals surface area contributed by atoms with Crippen molar-refractivity contribution >= 4 is 28.8 Å². The van der Waals surface area contributed by atoms with Gasteiger partial charge in [0, 0.05) is 29.2 Å². The van der Waals surface area contributed by atoms with E-state index in [1.165, 1.54) is 24.5 Å². The first-order valence-electron chi connectivity index (χ1n) is 7.73. The van der Waals surface area contributed by atoms with Gasteiger partial charge < -0.3 is 10.6 Å². The summed E-state index contributed by atoms with van der Waals surface area (Å²) in [5.41, 5.74) is 1.93. The largest absolute Gasteiger partial charge is 0.340 e. The number of aromatic nitrogens is 2.